The third kappa shape index (κ3) is 2.36. The molecule has 1 amide bonds. The zero-order chi connectivity index (χ0) is 12.4. The van der Waals surface area contributed by atoms with E-state index in [0.717, 1.165) is 17.0 Å². The lowest BCUT2D eigenvalue weighted by Crippen LogP contribution is -2.10. The number of nitrogens with two attached hydrogens (primary N) is 1. The van der Waals surface area contributed by atoms with Gasteiger partial charge in [0.25, 0.3) is 5.91 Å². The second-order valence-electron chi connectivity index (χ2n) is 3.81. The molecule has 3 N–H and O–H groups in total. The van der Waals surface area contributed by atoms with Gasteiger partial charge < -0.3 is 10.7 Å². The standard InChI is InChI=1S/C13H14N2OS/c1-8-11(13(14)16)7-12(15-8)9-3-5-10(17-2)6-4-9/h3-7,15H,1-2H3,(H2,14,16). The van der Waals surface area contributed by atoms with Crippen molar-refractivity contribution in [2.45, 2.75) is 11.8 Å². The van der Waals surface area contributed by atoms with Gasteiger partial charge >= 0.3 is 0 Å². The first kappa shape index (κ1) is 11.8. The molecule has 0 aliphatic rings. The van der Waals surface area contributed by atoms with E-state index in [1.807, 2.05) is 25.3 Å². The SMILES string of the molecule is CSc1ccc(-c2cc(C(N)=O)c(C)[nH]2)cc1. The van der Waals surface area contributed by atoms with Crippen LogP contribution in [-0.2, 0) is 0 Å². The van der Waals surface area contributed by atoms with Crippen molar-refractivity contribution in [3.63, 3.8) is 0 Å². The first-order valence-corrected chi connectivity index (χ1v) is 6.48. The van der Waals surface area contributed by atoms with Crippen LogP contribution in [0.1, 0.15) is 16.1 Å². The average molecular weight is 246 g/mol. The Morgan fingerprint density at radius 1 is 1.29 bits per heavy atom. The lowest BCUT2D eigenvalue weighted by Gasteiger charge is -1.99. The number of aryl methyl sites for hydroxylation is 1. The third-order valence-electron chi connectivity index (χ3n) is 2.68. The van der Waals surface area contributed by atoms with Crippen molar-refractivity contribution in [3.05, 3.63) is 41.6 Å². The van der Waals surface area contributed by atoms with Gasteiger partial charge in [-0.25, -0.2) is 0 Å². The number of hydrogen-bond acceptors (Lipinski definition) is 2. The summed E-state index contributed by atoms with van der Waals surface area (Å²) in [6.07, 6.45) is 2.04. The fraction of sp³-hybridized carbons (Fsp3) is 0.154. The quantitative estimate of drug-likeness (QED) is 0.818. The summed E-state index contributed by atoms with van der Waals surface area (Å²) in [5, 5.41) is 0. The average Bonchev–Trinajstić information content (AvgIpc) is 2.71. The minimum Gasteiger partial charge on any atom is -0.366 e. The number of H-pyrrole nitrogens is 1. The maximum absolute atomic E-state index is 11.2. The number of aromatic nitrogens is 1. The molecule has 0 spiro atoms. The van der Waals surface area contributed by atoms with E-state index in [1.54, 1.807) is 17.8 Å². The predicted octanol–water partition coefficient (Wildman–Crippen LogP) is 2.81. The molecule has 88 valence electrons. The molecule has 4 heteroatoms. The molecule has 0 radical (unpaired) electrons. The van der Waals surface area contributed by atoms with E-state index in [1.165, 1.54) is 4.90 Å². The highest BCUT2D eigenvalue weighted by atomic mass is 32.2. The number of rotatable bonds is 3. The van der Waals surface area contributed by atoms with Gasteiger partial charge in [-0.05, 0) is 36.9 Å². The van der Waals surface area contributed by atoms with Crippen molar-refractivity contribution in [2.75, 3.05) is 6.26 Å². The number of primary amides is 1. The van der Waals surface area contributed by atoms with Crippen LogP contribution in [0.2, 0.25) is 0 Å². The molecule has 0 fully saturated rings. The third-order valence-corrected chi connectivity index (χ3v) is 3.42. The Bertz CT molecular complexity index is 543. The molecule has 1 aromatic heterocycles. The lowest BCUT2D eigenvalue weighted by atomic mass is 10.1. The molecule has 1 aromatic carbocycles. The van der Waals surface area contributed by atoms with E-state index in [4.69, 9.17) is 5.73 Å². The van der Waals surface area contributed by atoms with Gasteiger partial charge in [0.15, 0.2) is 0 Å². The zero-order valence-corrected chi connectivity index (χ0v) is 10.6. The molecule has 2 aromatic rings. The van der Waals surface area contributed by atoms with Crippen molar-refractivity contribution >= 4 is 17.7 Å². The van der Waals surface area contributed by atoms with E-state index >= 15 is 0 Å². The molecule has 3 nitrogen and oxygen atoms in total. The van der Waals surface area contributed by atoms with Crippen molar-refractivity contribution in [3.8, 4) is 11.3 Å². The largest absolute Gasteiger partial charge is 0.366 e. The Morgan fingerprint density at radius 3 is 2.41 bits per heavy atom. The van der Waals surface area contributed by atoms with E-state index in [2.05, 4.69) is 17.1 Å². The molecular weight excluding hydrogens is 232 g/mol. The van der Waals surface area contributed by atoms with Gasteiger partial charge in [-0.1, -0.05) is 12.1 Å². The van der Waals surface area contributed by atoms with Crippen molar-refractivity contribution in [1.82, 2.24) is 4.98 Å². The molecule has 0 atom stereocenters. The van der Waals surface area contributed by atoms with Crippen molar-refractivity contribution in [1.29, 1.82) is 0 Å². The number of aromatic amines is 1. The van der Waals surface area contributed by atoms with Crippen LogP contribution in [0, 0.1) is 6.92 Å². The first-order chi connectivity index (χ1) is 8.11. The summed E-state index contributed by atoms with van der Waals surface area (Å²) in [7, 11) is 0. The summed E-state index contributed by atoms with van der Waals surface area (Å²) in [5.74, 6) is -0.397. The van der Waals surface area contributed by atoms with Crippen LogP contribution in [0.15, 0.2) is 35.2 Å². The first-order valence-electron chi connectivity index (χ1n) is 5.25. The summed E-state index contributed by atoms with van der Waals surface area (Å²) in [5.41, 5.74) is 8.62. The van der Waals surface area contributed by atoms with Crippen LogP contribution in [0.4, 0.5) is 0 Å². The summed E-state index contributed by atoms with van der Waals surface area (Å²) < 4.78 is 0. The highest BCUT2D eigenvalue weighted by Crippen LogP contribution is 2.24. The predicted molar refractivity (Wildman–Crippen MR) is 71.3 cm³/mol. The van der Waals surface area contributed by atoms with Gasteiger partial charge in [-0.3, -0.25) is 4.79 Å². The van der Waals surface area contributed by atoms with Crippen LogP contribution < -0.4 is 5.73 Å². The molecular formula is C13H14N2OS. The minimum atomic E-state index is -0.397. The van der Waals surface area contributed by atoms with Gasteiger partial charge in [0.05, 0.1) is 5.56 Å². The Labute approximate surface area is 104 Å². The van der Waals surface area contributed by atoms with Gasteiger partial charge in [0.2, 0.25) is 0 Å². The van der Waals surface area contributed by atoms with Gasteiger partial charge in [-0.2, -0.15) is 0 Å². The number of carbonyl (C=O) groups excluding carboxylic acids is 1. The molecule has 0 unspecified atom stereocenters. The van der Waals surface area contributed by atoms with Crippen LogP contribution in [0.3, 0.4) is 0 Å². The molecule has 0 saturated heterocycles. The summed E-state index contributed by atoms with van der Waals surface area (Å²) in [4.78, 5) is 15.6. The lowest BCUT2D eigenvalue weighted by molar-refractivity contribution is 0.1000. The minimum absolute atomic E-state index is 0.397. The number of benzene rings is 1. The van der Waals surface area contributed by atoms with Crippen molar-refractivity contribution in [2.24, 2.45) is 5.73 Å². The van der Waals surface area contributed by atoms with Gasteiger partial charge in [0, 0.05) is 16.3 Å². The maximum atomic E-state index is 11.2. The molecule has 0 saturated carbocycles. The normalized spacial score (nSPS) is 10.5. The fourth-order valence-corrected chi connectivity index (χ4v) is 2.15. The Balaban J connectivity index is 2.39. The highest BCUT2D eigenvalue weighted by Gasteiger charge is 2.10. The van der Waals surface area contributed by atoms with Gasteiger partial charge in [-0.15, -0.1) is 11.8 Å². The smallest absolute Gasteiger partial charge is 0.250 e. The molecule has 0 aliphatic heterocycles. The highest BCUT2D eigenvalue weighted by molar-refractivity contribution is 7.98. The van der Waals surface area contributed by atoms with E-state index in [-0.39, 0.29) is 0 Å². The zero-order valence-electron chi connectivity index (χ0n) is 9.78. The van der Waals surface area contributed by atoms with Crippen LogP contribution in [0.5, 0.6) is 0 Å². The second-order valence-corrected chi connectivity index (χ2v) is 4.69. The Kier molecular flexibility index (Phi) is 3.24. The van der Waals surface area contributed by atoms with E-state index in [0.29, 0.717) is 5.56 Å². The monoisotopic (exact) mass is 246 g/mol. The molecule has 17 heavy (non-hydrogen) atoms. The summed E-state index contributed by atoms with van der Waals surface area (Å²) in [6.45, 7) is 1.85. The number of hydrogen-bond donors (Lipinski definition) is 2. The van der Waals surface area contributed by atoms with E-state index < -0.39 is 5.91 Å². The fourth-order valence-electron chi connectivity index (χ4n) is 1.74. The van der Waals surface area contributed by atoms with Crippen LogP contribution >= 0.6 is 11.8 Å². The number of amides is 1. The molecule has 0 aliphatic carbocycles. The van der Waals surface area contributed by atoms with Crippen LogP contribution in [0.25, 0.3) is 11.3 Å². The number of nitrogens with one attached hydrogen (secondary N) is 1. The Hall–Kier alpha value is -1.68. The molecule has 0 bridgehead atoms. The van der Waals surface area contributed by atoms with Gasteiger partial charge in [0.1, 0.15) is 0 Å². The molecule has 2 rings (SSSR count). The Morgan fingerprint density at radius 2 is 1.94 bits per heavy atom. The summed E-state index contributed by atoms with van der Waals surface area (Å²) in [6, 6.07) is 9.97. The van der Waals surface area contributed by atoms with Crippen LogP contribution in [-0.4, -0.2) is 17.1 Å². The summed E-state index contributed by atoms with van der Waals surface area (Å²) >= 11 is 1.70. The number of thioether (sulfide) groups is 1. The van der Waals surface area contributed by atoms with Crippen molar-refractivity contribution < 1.29 is 4.79 Å². The molecule has 1 heterocycles. The topological polar surface area (TPSA) is 58.9 Å². The number of carbonyl (C=O) groups is 1. The van der Waals surface area contributed by atoms with E-state index in [9.17, 15) is 4.79 Å². The second kappa shape index (κ2) is 4.67. The maximum Gasteiger partial charge on any atom is 0.250 e.